The van der Waals surface area contributed by atoms with Crippen LogP contribution in [0.5, 0.6) is 11.5 Å². The maximum Gasteiger partial charge on any atom is 0.309 e. The van der Waals surface area contributed by atoms with Crippen LogP contribution in [0.3, 0.4) is 0 Å². The van der Waals surface area contributed by atoms with E-state index in [-0.39, 0.29) is 5.75 Å². The van der Waals surface area contributed by atoms with Gasteiger partial charge >= 0.3 is 5.97 Å². The Morgan fingerprint density at radius 1 is 1.45 bits per heavy atom. The average Bonchev–Trinajstić information content (AvgIpc) is 2.37. The Bertz CT molecular complexity index is 488. The van der Waals surface area contributed by atoms with Crippen LogP contribution in [0.2, 0.25) is 0 Å². The summed E-state index contributed by atoms with van der Waals surface area (Å²) >= 11 is 3.41. The van der Waals surface area contributed by atoms with Gasteiger partial charge in [-0.15, -0.1) is 0 Å². The number of rotatable bonds is 7. The van der Waals surface area contributed by atoms with Gasteiger partial charge in [0.1, 0.15) is 0 Å². The smallest absolute Gasteiger partial charge is 0.309 e. The lowest BCUT2D eigenvalue weighted by atomic mass is 9.90. The molecule has 5 nitrogen and oxygen atoms in total. The molecule has 0 unspecified atom stereocenters. The molecule has 0 fully saturated rings. The quantitative estimate of drug-likeness (QED) is 0.662. The number of carboxylic acid groups (broad SMARTS) is 1. The van der Waals surface area contributed by atoms with Crippen LogP contribution in [0.15, 0.2) is 16.6 Å². The van der Waals surface area contributed by atoms with Crippen LogP contribution in [-0.4, -0.2) is 29.8 Å². The van der Waals surface area contributed by atoms with Crippen molar-refractivity contribution in [3.63, 3.8) is 0 Å². The Morgan fingerprint density at radius 2 is 2.10 bits per heavy atom. The monoisotopic (exact) mass is 345 g/mol. The average molecular weight is 346 g/mol. The summed E-state index contributed by atoms with van der Waals surface area (Å²) in [6, 6.07) is 3.33. The summed E-state index contributed by atoms with van der Waals surface area (Å²) in [7, 11) is 1.49. The molecule has 0 saturated heterocycles. The molecule has 0 heterocycles. The van der Waals surface area contributed by atoms with E-state index in [1.54, 1.807) is 26.0 Å². The van der Waals surface area contributed by atoms with Crippen molar-refractivity contribution in [2.75, 3.05) is 13.7 Å². The first-order valence-corrected chi connectivity index (χ1v) is 7.06. The summed E-state index contributed by atoms with van der Waals surface area (Å²) in [5.74, 6) is -0.312. The molecule has 112 valence electrons. The van der Waals surface area contributed by atoms with Crippen molar-refractivity contribution in [2.24, 2.45) is 5.41 Å². The van der Waals surface area contributed by atoms with Gasteiger partial charge in [-0.25, -0.2) is 0 Å². The van der Waals surface area contributed by atoms with Crippen LogP contribution in [0.1, 0.15) is 25.8 Å². The van der Waals surface area contributed by atoms with Crippen LogP contribution < -0.4 is 10.1 Å². The lowest BCUT2D eigenvalue weighted by Crippen LogP contribution is -2.28. The largest absolute Gasteiger partial charge is 0.504 e. The fourth-order valence-electron chi connectivity index (χ4n) is 1.62. The zero-order valence-electron chi connectivity index (χ0n) is 11.9. The van der Waals surface area contributed by atoms with Gasteiger partial charge in [0, 0.05) is 11.0 Å². The Balaban J connectivity index is 2.55. The number of ether oxygens (including phenoxy) is 1. The first-order valence-electron chi connectivity index (χ1n) is 6.27. The Labute approximate surface area is 127 Å². The summed E-state index contributed by atoms with van der Waals surface area (Å²) in [5, 5.41) is 21.9. The Morgan fingerprint density at radius 3 is 2.65 bits per heavy atom. The second-order valence-electron chi connectivity index (χ2n) is 5.23. The number of aromatic hydroxyl groups is 1. The van der Waals surface area contributed by atoms with Crippen molar-refractivity contribution in [2.45, 2.75) is 26.8 Å². The highest BCUT2D eigenvalue weighted by Crippen LogP contribution is 2.32. The molecule has 6 heteroatoms. The van der Waals surface area contributed by atoms with Gasteiger partial charge in [-0.1, -0.05) is 15.9 Å². The molecule has 1 aromatic rings. The topological polar surface area (TPSA) is 78.8 Å². The lowest BCUT2D eigenvalue weighted by Gasteiger charge is -2.19. The van der Waals surface area contributed by atoms with Gasteiger partial charge in [0.2, 0.25) is 0 Å². The van der Waals surface area contributed by atoms with Gasteiger partial charge in [-0.3, -0.25) is 4.79 Å². The number of hydrogen-bond acceptors (Lipinski definition) is 4. The summed E-state index contributed by atoms with van der Waals surface area (Å²) in [5.41, 5.74) is 0.142. The van der Waals surface area contributed by atoms with Crippen molar-refractivity contribution in [1.82, 2.24) is 5.32 Å². The number of carboxylic acids is 1. The summed E-state index contributed by atoms with van der Waals surface area (Å²) in [4.78, 5) is 11.0. The second-order valence-corrected chi connectivity index (χ2v) is 6.09. The van der Waals surface area contributed by atoms with E-state index in [2.05, 4.69) is 21.2 Å². The van der Waals surface area contributed by atoms with Crippen LogP contribution >= 0.6 is 15.9 Å². The highest BCUT2D eigenvalue weighted by molar-refractivity contribution is 9.10. The second kappa shape index (κ2) is 6.95. The van der Waals surface area contributed by atoms with Gasteiger partial charge in [-0.2, -0.15) is 0 Å². The van der Waals surface area contributed by atoms with Crippen molar-refractivity contribution < 1.29 is 19.7 Å². The number of aliphatic carboxylic acids is 1. The standard InChI is InChI=1S/C14H20BrNO4/c1-14(2,13(18)19)4-5-16-8-9-6-11(17)12(20-3)7-10(9)15/h6-7,16-17H,4-5,8H2,1-3H3,(H,18,19). The van der Waals surface area contributed by atoms with E-state index < -0.39 is 11.4 Å². The highest BCUT2D eigenvalue weighted by Gasteiger charge is 2.26. The molecule has 0 aliphatic rings. The van der Waals surface area contributed by atoms with E-state index in [1.807, 2.05) is 0 Å². The SMILES string of the molecule is COc1cc(Br)c(CNCCC(C)(C)C(=O)O)cc1O. The number of halogens is 1. The zero-order chi connectivity index (χ0) is 15.3. The fraction of sp³-hybridized carbons (Fsp3) is 0.500. The van der Waals surface area contributed by atoms with Gasteiger partial charge in [0.25, 0.3) is 0 Å². The normalized spacial score (nSPS) is 11.4. The number of nitrogens with one attached hydrogen (secondary N) is 1. The molecular formula is C14H20BrNO4. The van der Waals surface area contributed by atoms with Gasteiger partial charge in [0.15, 0.2) is 11.5 Å². The maximum absolute atomic E-state index is 11.0. The lowest BCUT2D eigenvalue weighted by molar-refractivity contribution is -0.147. The minimum atomic E-state index is -0.803. The van der Waals surface area contributed by atoms with E-state index in [1.165, 1.54) is 7.11 Å². The number of methoxy groups -OCH3 is 1. The fourth-order valence-corrected chi connectivity index (χ4v) is 2.08. The molecule has 3 N–H and O–H groups in total. The van der Waals surface area contributed by atoms with E-state index in [9.17, 15) is 9.90 Å². The number of phenolic OH excluding ortho intramolecular Hbond substituents is 1. The minimum Gasteiger partial charge on any atom is -0.504 e. The number of hydrogen-bond donors (Lipinski definition) is 3. The highest BCUT2D eigenvalue weighted by atomic mass is 79.9. The van der Waals surface area contributed by atoms with E-state index in [0.29, 0.717) is 25.3 Å². The molecule has 0 aliphatic carbocycles. The Hall–Kier alpha value is -1.27. The summed E-state index contributed by atoms with van der Waals surface area (Å²) in [6.45, 7) is 4.52. The molecule has 1 rings (SSSR count). The molecule has 0 atom stereocenters. The van der Waals surface area contributed by atoms with Crippen LogP contribution in [-0.2, 0) is 11.3 Å². The molecule has 0 saturated carbocycles. The van der Waals surface area contributed by atoms with Gasteiger partial charge < -0.3 is 20.3 Å². The van der Waals surface area contributed by atoms with Crippen LogP contribution in [0, 0.1) is 5.41 Å². The molecule has 20 heavy (non-hydrogen) atoms. The van der Waals surface area contributed by atoms with E-state index in [0.717, 1.165) is 10.0 Å². The van der Waals surface area contributed by atoms with E-state index in [4.69, 9.17) is 9.84 Å². The first kappa shape index (κ1) is 16.8. The molecular weight excluding hydrogens is 326 g/mol. The Kier molecular flexibility index (Phi) is 5.83. The van der Waals surface area contributed by atoms with Crippen molar-refractivity contribution in [3.8, 4) is 11.5 Å². The molecule has 0 aromatic heterocycles. The van der Waals surface area contributed by atoms with Gasteiger partial charge in [0.05, 0.1) is 12.5 Å². The van der Waals surface area contributed by atoms with Gasteiger partial charge in [-0.05, 0) is 44.5 Å². The zero-order valence-corrected chi connectivity index (χ0v) is 13.5. The summed E-state index contributed by atoms with van der Waals surface area (Å²) in [6.07, 6.45) is 0.530. The third-order valence-electron chi connectivity index (χ3n) is 3.17. The number of carbonyl (C=O) groups is 1. The minimum absolute atomic E-state index is 0.0818. The first-order chi connectivity index (χ1) is 9.27. The molecule has 0 spiro atoms. The number of benzene rings is 1. The predicted octanol–water partition coefficient (Wildman–Crippen LogP) is 2.75. The summed E-state index contributed by atoms with van der Waals surface area (Å²) < 4.78 is 5.84. The predicted molar refractivity (Wildman–Crippen MR) is 80.1 cm³/mol. The molecule has 0 bridgehead atoms. The van der Waals surface area contributed by atoms with Crippen LogP contribution in [0.4, 0.5) is 0 Å². The van der Waals surface area contributed by atoms with Crippen LogP contribution in [0.25, 0.3) is 0 Å². The van der Waals surface area contributed by atoms with E-state index >= 15 is 0 Å². The number of phenols is 1. The third kappa shape index (κ3) is 4.38. The third-order valence-corrected chi connectivity index (χ3v) is 3.91. The molecule has 0 aliphatic heterocycles. The maximum atomic E-state index is 11.0. The van der Waals surface area contributed by atoms with Crippen molar-refractivity contribution in [1.29, 1.82) is 0 Å². The molecule has 0 radical (unpaired) electrons. The molecule has 1 aromatic carbocycles. The van der Waals surface area contributed by atoms with Crippen molar-refractivity contribution >= 4 is 21.9 Å². The van der Waals surface area contributed by atoms with Crippen molar-refractivity contribution in [3.05, 3.63) is 22.2 Å². The molecule has 0 amide bonds.